The van der Waals surface area contributed by atoms with Crippen LogP contribution in [0.4, 0.5) is 13.2 Å². The van der Waals surface area contributed by atoms with Gasteiger partial charge in [-0.3, -0.25) is 0 Å². The number of rotatable bonds is 9. The number of para-hydroxylation sites is 1. The number of halogens is 3. The van der Waals surface area contributed by atoms with Crippen LogP contribution < -0.4 is 0 Å². The first-order valence-corrected chi connectivity index (χ1v) is 12.7. The second kappa shape index (κ2) is 11.1. The minimum absolute atomic E-state index is 0.0533. The van der Waals surface area contributed by atoms with Crippen molar-refractivity contribution in [2.24, 2.45) is 0 Å². The van der Waals surface area contributed by atoms with Gasteiger partial charge >= 0.3 is 0 Å². The Kier molecular flexibility index (Phi) is 7.52. The molecule has 0 amide bonds. The lowest BCUT2D eigenvalue weighted by Crippen LogP contribution is -2.06. The molecule has 0 aliphatic heterocycles. The molecule has 0 N–H and O–H groups in total. The molecule has 2 heterocycles. The van der Waals surface area contributed by atoms with Crippen molar-refractivity contribution in [2.45, 2.75) is 23.9 Å². The van der Waals surface area contributed by atoms with E-state index in [2.05, 4.69) is 10.2 Å². The molecule has 0 unspecified atom stereocenters. The van der Waals surface area contributed by atoms with Crippen molar-refractivity contribution in [3.63, 3.8) is 0 Å². The Morgan fingerprint density at radius 2 is 1.62 bits per heavy atom. The number of ether oxygens (including phenoxy) is 1. The normalized spacial score (nSPS) is 11.4. The van der Waals surface area contributed by atoms with Crippen molar-refractivity contribution < 1.29 is 17.9 Å². The average Bonchev–Trinajstić information content (AvgIpc) is 3.32. The van der Waals surface area contributed by atoms with E-state index >= 15 is 0 Å². The minimum atomic E-state index is -1.21. The molecule has 37 heavy (non-hydrogen) atoms. The lowest BCUT2D eigenvalue weighted by molar-refractivity contribution is 0.189. The van der Waals surface area contributed by atoms with E-state index in [1.807, 2.05) is 65.2 Å². The lowest BCUT2D eigenvalue weighted by atomic mass is 10.0. The Labute approximate surface area is 216 Å². The second-order valence-corrected chi connectivity index (χ2v) is 9.33. The third-order valence-electron chi connectivity index (χ3n) is 5.92. The maximum Gasteiger partial charge on any atom is 0.191 e. The third kappa shape index (κ3) is 5.38. The number of hydrogen-bond donors (Lipinski definition) is 0. The largest absolute Gasteiger partial charge is 0.385 e. The minimum Gasteiger partial charge on any atom is -0.385 e. The lowest BCUT2D eigenvalue weighted by Gasteiger charge is -2.13. The third-order valence-corrected chi connectivity index (χ3v) is 6.94. The van der Waals surface area contributed by atoms with Crippen LogP contribution in [0, 0.1) is 17.5 Å². The van der Waals surface area contributed by atoms with Crippen LogP contribution in [-0.4, -0.2) is 33.5 Å². The van der Waals surface area contributed by atoms with E-state index in [9.17, 15) is 13.2 Å². The van der Waals surface area contributed by atoms with Crippen LogP contribution in [0.1, 0.15) is 12.0 Å². The summed E-state index contributed by atoms with van der Waals surface area (Å²) in [6.45, 7) is 1.09. The van der Waals surface area contributed by atoms with Gasteiger partial charge in [0.25, 0.3) is 0 Å². The molecule has 0 aliphatic rings. The zero-order valence-electron chi connectivity index (χ0n) is 20.0. The van der Waals surface area contributed by atoms with Crippen LogP contribution in [0.15, 0.2) is 78.0 Å². The molecule has 5 rings (SSSR count). The Balaban J connectivity index is 1.58. The van der Waals surface area contributed by atoms with Crippen molar-refractivity contribution in [2.75, 3.05) is 13.7 Å². The second-order valence-electron chi connectivity index (χ2n) is 8.39. The molecule has 0 fully saturated rings. The van der Waals surface area contributed by atoms with Crippen LogP contribution in [0.3, 0.4) is 0 Å². The monoisotopic (exact) mass is 520 g/mol. The van der Waals surface area contributed by atoms with Crippen LogP contribution >= 0.6 is 11.8 Å². The summed E-state index contributed by atoms with van der Waals surface area (Å²) in [5.41, 5.74) is 3.52. The molecular weight excluding hydrogens is 497 g/mol. The summed E-state index contributed by atoms with van der Waals surface area (Å²) >= 11 is 1.21. The fourth-order valence-electron chi connectivity index (χ4n) is 4.10. The van der Waals surface area contributed by atoms with Gasteiger partial charge in [-0.15, -0.1) is 10.2 Å². The molecule has 0 aliphatic carbocycles. The number of pyridine rings is 1. The number of methoxy groups -OCH3 is 1. The summed E-state index contributed by atoms with van der Waals surface area (Å²) in [4.78, 5) is 4.85. The number of nitrogens with zero attached hydrogens (tertiary/aromatic N) is 4. The van der Waals surface area contributed by atoms with E-state index in [4.69, 9.17) is 9.72 Å². The van der Waals surface area contributed by atoms with Gasteiger partial charge in [0.15, 0.2) is 22.6 Å². The van der Waals surface area contributed by atoms with Crippen molar-refractivity contribution in [3.8, 4) is 22.6 Å². The van der Waals surface area contributed by atoms with E-state index in [0.29, 0.717) is 36.6 Å². The highest BCUT2D eigenvalue weighted by molar-refractivity contribution is 7.98. The summed E-state index contributed by atoms with van der Waals surface area (Å²) < 4.78 is 48.5. The van der Waals surface area contributed by atoms with E-state index in [1.54, 1.807) is 7.11 Å². The van der Waals surface area contributed by atoms with Crippen LogP contribution in [0.25, 0.3) is 33.5 Å². The molecule has 5 aromatic rings. The molecule has 0 atom stereocenters. The SMILES string of the molecule is COCCCn1c(SCc2cc(F)c(F)cc2F)nnc1-c1cc(-c2ccccc2)nc2ccccc12. The number of fused-ring (bicyclic) bond motifs is 1. The van der Waals surface area contributed by atoms with Crippen molar-refractivity contribution >= 4 is 22.7 Å². The molecule has 188 valence electrons. The molecule has 9 heteroatoms. The zero-order chi connectivity index (χ0) is 25.8. The van der Waals surface area contributed by atoms with Gasteiger partial charge < -0.3 is 9.30 Å². The highest BCUT2D eigenvalue weighted by atomic mass is 32.2. The summed E-state index contributed by atoms with van der Waals surface area (Å²) in [7, 11) is 1.64. The average molecular weight is 521 g/mol. The predicted octanol–water partition coefficient (Wildman–Crippen LogP) is 6.91. The molecular formula is C28H23F3N4OS. The molecule has 0 saturated carbocycles. The number of benzene rings is 3. The maximum absolute atomic E-state index is 14.2. The van der Waals surface area contributed by atoms with Crippen molar-refractivity contribution in [1.29, 1.82) is 0 Å². The maximum atomic E-state index is 14.2. The van der Waals surface area contributed by atoms with Crippen molar-refractivity contribution in [3.05, 3.63) is 95.8 Å². The highest BCUT2D eigenvalue weighted by Crippen LogP contribution is 2.34. The predicted molar refractivity (Wildman–Crippen MR) is 139 cm³/mol. The number of aromatic nitrogens is 4. The standard InChI is InChI=1S/C28H23F3N4OS/c1-36-13-7-12-35-27(33-34-28(35)37-17-19-14-23(30)24(31)16-22(19)29)21-15-26(18-8-3-2-4-9-18)32-25-11-6-5-10-20(21)25/h2-6,8-11,14-16H,7,12-13,17H2,1H3. The van der Waals surface area contributed by atoms with E-state index in [-0.39, 0.29) is 11.3 Å². The topological polar surface area (TPSA) is 52.8 Å². The Hall–Kier alpha value is -3.69. The van der Waals surface area contributed by atoms with Gasteiger partial charge in [-0.25, -0.2) is 18.2 Å². The molecule has 2 aromatic heterocycles. The van der Waals surface area contributed by atoms with Crippen LogP contribution in [0.2, 0.25) is 0 Å². The zero-order valence-corrected chi connectivity index (χ0v) is 20.8. The van der Waals surface area contributed by atoms with Gasteiger partial charge in [0, 0.05) is 54.2 Å². The van der Waals surface area contributed by atoms with Gasteiger partial charge in [-0.2, -0.15) is 0 Å². The Morgan fingerprint density at radius 1 is 0.865 bits per heavy atom. The quantitative estimate of drug-likeness (QED) is 0.120. The fraction of sp³-hybridized carbons (Fsp3) is 0.179. The van der Waals surface area contributed by atoms with Crippen LogP contribution in [0.5, 0.6) is 0 Å². The van der Waals surface area contributed by atoms with E-state index in [0.717, 1.165) is 33.8 Å². The molecule has 0 bridgehead atoms. The first kappa shape index (κ1) is 25.0. The summed E-state index contributed by atoms with van der Waals surface area (Å²) in [6, 6.07) is 21.2. The first-order chi connectivity index (χ1) is 18.0. The number of hydrogen-bond acceptors (Lipinski definition) is 5. The molecule has 3 aromatic carbocycles. The smallest absolute Gasteiger partial charge is 0.191 e. The van der Waals surface area contributed by atoms with Gasteiger partial charge in [0.1, 0.15) is 5.82 Å². The fourth-order valence-corrected chi connectivity index (χ4v) is 5.04. The van der Waals surface area contributed by atoms with Gasteiger partial charge in [0.2, 0.25) is 0 Å². The first-order valence-electron chi connectivity index (χ1n) is 11.7. The van der Waals surface area contributed by atoms with Gasteiger partial charge in [-0.05, 0) is 24.6 Å². The van der Waals surface area contributed by atoms with Crippen molar-refractivity contribution in [1.82, 2.24) is 19.7 Å². The summed E-state index contributed by atoms with van der Waals surface area (Å²) in [5, 5.41) is 10.4. The molecule has 0 radical (unpaired) electrons. The van der Waals surface area contributed by atoms with E-state index < -0.39 is 17.5 Å². The van der Waals surface area contributed by atoms with E-state index in [1.165, 1.54) is 11.8 Å². The molecule has 0 spiro atoms. The molecule has 0 saturated heterocycles. The summed E-state index contributed by atoms with van der Waals surface area (Å²) in [6.07, 6.45) is 0.698. The number of thioether (sulfide) groups is 1. The van der Waals surface area contributed by atoms with Gasteiger partial charge in [-0.1, -0.05) is 60.3 Å². The Morgan fingerprint density at radius 3 is 2.43 bits per heavy atom. The molecule has 5 nitrogen and oxygen atoms in total. The van der Waals surface area contributed by atoms with Crippen LogP contribution in [-0.2, 0) is 17.0 Å². The highest BCUT2D eigenvalue weighted by Gasteiger charge is 2.19. The van der Waals surface area contributed by atoms with Gasteiger partial charge in [0.05, 0.1) is 11.2 Å². The summed E-state index contributed by atoms with van der Waals surface area (Å²) in [5.74, 6) is -2.39. The Bertz CT molecular complexity index is 1540.